The Bertz CT molecular complexity index is 76.2. The van der Waals surface area contributed by atoms with Crippen LogP contribution >= 0.6 is 15.9 Å². The van der Waals surface area contributed by atoms with Gasteiger partial charge in [-0.2, -0.15) is 29.4 Å². The third kappa shape index (κ3) is 8.62. The smallest absolute Gasteiger partial charge is 0.190 e. The summed E-state index contributed by atoms with van der Waals surface area (Å²) in [6, 6.07) is 0. The standard InChI is InChI=1S/CH8O6P2/c2-8(3,4)1-9(5,6)7/h2-7H,1H2/q+2. The molecule has 0 saturated carbocycles. The lowest BCUT2D eigenvalue weighted by Crippen LogP contribution is -2.00. The van der Waals surface area contributed by atoms with Gasteiger partial charge in [0.2, 0.25) is 0 Å². The highest BCUT2D eigenvalue weighted by Crippen LogP contribution is 2.61. The molecule has 0 atom stereocenters. The van der Waals surface area contributed by atoms with Gasteiger partial charge in [0.15, 0.2) is 0 Å². The van der Waals surface area contributed by atoms with Gasteiger partial charge < -0.3 is 0 Å². The molecule has 0 spiro atoms. The van der Waals surface area contributed by atoms with Crippen molar-refractivity contribution >= 4 is 15.9 Å². The van der Waals surface area contributed by atoms with Gasteiger partial charge in [0.1, 0.15) is 0 Å². The molecule has 0 aliphatic carbocycles. The summed E-state index contributed by atoms with van der Waals surface area (Å²) in [4.78, 5) is 48.7. The minimum Gasteiger partial charge on any atom is -0.190 e. The molecule has 0 rings (SSSR count). The minimum absolute atomic E-state index is 1.15. The van der Waals surface area contributed by atoms with E-state index in [-0.39, 0.29) is 0 Å². The lowest BCUT2D eigenvalue weighted by molar-refractivity contribution is 0.311. The second-order valence-electron chi connectivity index (χ2n) is 1.53. The van der Waals surface area contributed by atoms with Gasteiger partial charge in [-0.3, -0.25) is 0 Å². The Morgan fingerprint density at radius 1 is 0.667 bits per heavy atom. The van der Waals surface area contributed by atoms with E-state index in [2.05, 4.69) is 0 Å². The third-order valence-corrected chi connectivity index (χ3v) is 3.42. The molecular formula is CH8O6P2+2. The summed E-state index contributed by atoms with van der Waals surface area (Å²) in [6.45, 7) is 0. The predicted octanol–water partition coefficient (Wildman–Crippen LogP) is -1.58. The maximum absolute atomic E-state index is 8.12. The Morgan fingerprint density at radius 2 is 0.889 bits per heavy atom. The minimum atomic E-state index is -4.24. The topological polar surface area (TPSA) is 121 Å². The van der Waals surface area contributed by atoms with Crippen molar-refractivity contribution in [1.29, 1.82) is 0 Å². The number of hydrogen-bond acceptors (Lipinski definition) is 6. The first kappa shape index (κ1) is 9.62. The lowest BCUT2D eigenvalue weighted by Gasteiger charge is -2.03. The average Bonchev–Trinajstić information content (AvgIpc) is 1.14. The van der Waals surface area contributed by atoms with Gasteiger partial charge in [0, 0.05) is 0 Å². The maximum Gasteiger partial charge on any atom is 0.451 e. The van der Waals surface area contributed by atoms with E-state index in [1.54, 1.807) is 0 Å². The molecule has 56 valence electrons. The molecule has 0 bridgehead atoms. The molecule has 0 aromatic rings. The molecule has 6 nitrogen and oxygen atoms in total. The largest absolute Gasteiger partial charge is 0.451 e. The van der Waals surface area contributed by atoms with Crippen molar-refractivity contribution in [2.24, 2.45) is 0 Å². The quantitative estimate of drug-likeness (QED) is 0.284. The molecule has 0 radical (unpaired) electrons. The van der Waals surface area contributed by atoms with Crippen LogP contribution in [0.3, 0.4) is 0 Å². The highest BCUT2D eigenvalue weighted by atomic mass is 31.3. The van der Waals surface area contributed by atoms with Crippen LogP contribution in [-0.4, -0.2) is 35.3 Å². The van der Waals surface area contributed by atoms with Crippen LogP contribution in [0.1, 0.15) is 0 Å². The van der Waals surface area contributed by atoms with Gasteiger partial charge in [-0.25, -0.2) is 0 Å². The average molecular weight is 178 g/mol. The van der Waals surface area contributed by atoms with E-state index < -0.39 is 21.8 Å². The summed E-state index contributed by atoms with van der Waals surface area (Å²) in [7, 11) is -8.48. The highest BCUT2D eigenvalue weighted by Gasteiger charge is 2.50. The zero-order valence-electron chi connectivity index (χ0n) is 4.28. The van der Waals surface area contributed by atoms with E-state index in [9.17, 15) is 0 Å². The van der Waals surface area contributed by atoms with Crippen molar-refractivity contribution in [3.63, 3.8) is 0 Å². The molecule has 8 heteroatoms. The first-order chi connectivity index (χ1) is 3.71. The molecule has 0 aliphatic rings. The Kier molecular flexibility index (Phi) is 2.88. The normalized spacial score (nSPS) is 14.0. The molecule has 0 amide bonds. The van der Waals surface area contributed by atoms with E-state index in [4.69, 9.17) is 29.4 Å². The second-order valence-corrected chi connectivity index (χ2v) is 5.43. The van der Waals surface area contributed by atoms with Crippen molar-refractivity contribution in [1.82, 2.24) is 0 Å². The van der Waals surface area contributed by atoms with Crippen LogP contribution in [0.15, 0.2) is 0 Å². The summed E-state index contributed by atoms with van der Waals surface area (Å²) in [6.07, 6.45) is 0. The van der Waals surface area contributed by atoms with Crippen LogP contribution in [0.5, 0.6) is 0 Å². The molecule has 0 fully saturated rings. The van der Waals surface area contributed by atoms with E-state index in [1.165, 1.54) is 0 Å². The molecule has 0 aromatic carbocycles. The summed E-state index contributed by atoms with van der Waals surface area (Å²) in [5, 5.41) is 0. The molecule has 9 heavy (non-hydrogen) atoms. The van der Waals surface area contributed by atoms with Crippen LogP contribution in [0.2, 0.25) is 0 Å². The highest BCUT2D eigenvalue weighted by molar-refractivity contribution is 7.76. The van der Waals surface area contributed by atoms with Crippen molar-refractivity contribution in [2.45, 2.75) is 0 Å². The molecule has 0 saturated heterocycles. The first-order valence-corrected chi connectivity index (χ1v) is 5.50. The summed E-state index contributed by atoms with van der Waals surface area (Å²) in [5.41, 5.74) is 0. The van der Waals surface area contributed by atoms with E-state index in [0.717, 1.165) is 0 Å². The summed E-state index contributed by atoms with van der Waals surface area (Å²) < 4.78 is 0. The lowest BCUT2D eigenvalue weighted by atomic mass is 11.9. The van der Waals surface area contributed by atoms with Crippen LogP contribution in [0.4, 0.5) is 0 Å². The molecule has 6 N–H and O–H groups in total. The SMILES string of the molecule is O[P+](O)(O)C[P+](O)(O)O. The van der Waals surface area contributed by atoms with Crippen molar-refractivity contribution in [3.05, 3.63) is 0 Å². The fraction of sp³-hybridized carbons (Fsp3) is 1.00. The molecule has 0 aromatic heterocycles. The molecule has 0 heterocycles. The molecule has 0 unspecified atom stereocenters. The van der Waals surface area contributed by atoms with Gasteiger partial charge in [-0.05, 0) is 0 Å². The van der Waals surface area contributed by atoms with Crippen molar-refractivity contribution in [2.75, 3.05) is 5.90 Å². The molecule has 0 aliphatic heterocycles. The zero-order valence-corrected chi connectivity index (χ0v) is 6.07. The fourth-order valence-corrected chi connectivity index (χ4v) is 2.29. The summed E-state index contributed by atoms with van der Waals surface area (Å²) in [5.74, 6) is -1.15. The Labute approximate surface area is 52.2 Å². The predicted molar refractivity (Wildman–Crippen MR) is 32.0 cm³/mol. The maximum atomic E-state index is 8.12. The third-order valence-electron chi connectivity index (χ3n) is 0.379. The van der Waals surface area contributed by atoms with E-state index in [1.807, 2.05) is 0 Å². The van der Waals surface area contributed by atoms with E-state index in [0.29, 0.717) is 0 Å². The number of hydrogen-bond donors (Lipinski definition) is 6. The number of rotatable bonds is 2. The van der Waals surface area contributed by atoms with Crippen LogP contribution in [0, 0.1) is 0 Å². The Balaban J connectivity index is 3.75. The van der Waals surface area contributed by atoms with Gasteiger partial charge in [0.25, 0.3) is 0 Å². The second kappa shape index (κ2) is 2.70. The Hall–Kier alpha value is 0.620. The van der Waals surface area contributed by atoms with E-state index >= 15 is 0 Å². The van der Waals surface area contributed by atoms with Gasteiger partial charge >= 0.3 is 21.8 Å². The van der Waals surface area contributed by atoms with Gasteiger partial charge in [-0.15, -0.1) is 0 Å². The van der Waals surface area contributed by atoms with Crippen molar-refractivity contribution < 1.29 is 29.4 Å². The van der Waals surface area contributed by atoms with Crippen LogP contribution < -0.4 is 0 Å². The summed E-state index contributed by atoms with van der Waals surface area (Å²) >= 11 is 0. The van der Waals surface area contributed by atoms with Crippen LogP contribution in [0.25, 0.3) is 0 Å². The zero-order chi connectivity index (χ0) is 7.71. The first-order valence-electron chi connectivity index (χ1n) is 1.83. The monoisotopic (exact) mass is 178 g/mol. The Morgan fingerprint density at radius 3 is 0.889 bits per heavy atom. The fourth-order valence-electron chi connectivity index (χ4n) is 0.255. The van der Waals surface area contributed by atoms with Crippen molar-refractivity contribution in [3.8, 4) is 0 Å². The van der Waals surface area contributed by atoms with Gasteiger partial charge in [0.05, 0.1) is 0 Å². The van der Waals surface area contributed by atoms with Gasteiger partial charge in [-0.1, -0.05) is 0 Å². The van der Waals surface area contributed by atoms with Crippen LogP contribution in [-0.2, 0) is 0 Å². The molecular weight excluding hydrogens is 170 g/mol.